The number of fused-ring (bicyclic) bond motifs is 1. The van der Waals surface area contributed by atoms with Gasteiger partial charge < -0.3 is 19.9 Å². The molecular formula is C21H18IN3O3. The van der Waals surface area contributed by atoms with E-state index in [1.165, 1.54) is 0 Å². The highest BCUT2D eigenvalue weighted by atomic mass is 127. The van der Waals surface area contributed by atoms with Crippen molar-refractivity contribution in [1.29, 1.82) is 0 Å². The number of nitrogens with zero attached hydrogens (tertiary/aromatic N) is 1. The number of carbonyl (C=O) groups excluding carboxylic acids is 2. The fraction of sp³-hybridized carbons (Fsp3) is 0.143. The lowest BCUT2D eigenvalue weighted by atomic mass is 10.1. The number of ether oxygens (including phenoxy) is 1. The van der Waals surface area contributed by atoms with E-state index < -0.39 is 0 Å². The molecule has 0 saturated carbocycles. The van der Waals surface area contributed by atoms with Crippen molar-refractivity contribution in [3.05, 3.63) is 75.6 Å². The second-order valence-corrected chi connectivity index (χ2v) is 7.78. The highest BCUT2D eigenvalue weighted by molar-refractivity contribution is 14.1. The van der Waals surface area contributed by atoms with Crippen LogP contribution < -0.4 is 15.4 Å². The third-order valence-electron chi connectivity index (χ3n) is 4.55. The first-order valence-corrected chi connectivity index (χ1v) is 9.90. The minimum absolute atomic E-state index is 0.0219. The molecule has 1 aliphatic rings. The van der Waals surface area contributed by atoms with Crippen molar-refractivity contribution in [1.82, 2.24) is 9.88 Å². The molecule has 2 heterocycles. The summed E-state index contributed by atoms with van der Waals surface area (Å²) in [5, 5.41) is 5.82. The Labute approximate surface area is 176 Å². The molecule has 6 nitrogen and oxygen atoms in total. The molecule has 1 unspecified atom stereocenters. The highest BCUT2D eigenvalue weighted by Crippen LogP contribution is 2.30. The van der Waals surface area contributed by atoms with Gasteiger partial charge in [0.15, 0.2) is 6.61 Å². The topological polar surface area (TPSA) is 72.4 Å². The van der Waals surface area contributed by atoms with Crippen molar-refractivity contribution in [2.45, 2.75) is 13.0 Å². The van der Waals surface area contributed by atoms with Gasteiger partial charge in [-0.3, -0.25) is 9.59 Å². The van der Waals surface area contributed by atoms with E-state index >= 15 is 0 Å². The average Bonchev–Trinajstić information content (AvgIpc) is 3.17. The molecule has 2 N–H and O–H groups in total. The number of hydrogen-bond donors (Lipinski definition) is 2. The molecule has 0 radical (unpaired) electrons. The molecule has 0 saturated heterocycles. The predicted octanol–water partition coefficient (Wildman–Crippen LogP) is 3.90. The molecular weight excluding hydrogens is 469 g/mol. The molecule has 3 aromatic rings. The van der Waals surface area contributed by atoms with Crippen LogP contribution in [0.4, 0.5) is 5.69 Å². The van der Waals surface area contributed by atoms with E-state index in [0.717, 1.165) is 14.8 Å². The summed E-state index contributed by atoms with van der Waals surface area (Å²) < 4.78 is 8.35. The fourth-order valence-electron chi connectivity index (χ4n) is 3.14. The van der Waals surface area contributed by atoms with Crippen LogP contribution in [0.2, 0.25) is 0 Å². The Morgan fingerprint density at radius 1 is 1.21 bits per heavy atom. The molecule has 7 heteroatoms. The molecule has 0 aliphatic carbocycles. The number of halogens is 1. The molecule has 2 amide bonds. The second-order valence-electron chi connectivity index (χ2n) is 6.53. The Morgan fingerprint density at radius 3 is 2.89 bits per heavy atom. The summed E-state index contributed by atoms with van der Waals surface area (Å²) in [7, 11) is 0. The van der Waals surface area contributed by atoms with Crippen molar-refractivity contribution in [3.63, 3.8) is 0 Å². The summed E-state index contributed by atoms with van der Waals surface area (Å²) >= 11 is 2.25. The van der Waals surface area contributed by atoms with Crippen LogP contribution in [0.25, 0.3) is 5.69 Å². The van der Waals surface area contributed by atoms with Crippen molar-refractivity contribution in [2.75, 3.05) is 11.9 Å². The van der Waals surface area contributed by atoms with Gasteiger partial charge in [0.1, 0.15) is 11.4 Å². The van der Waals surface area contributed by atoms with Crippen LogP contribution in [0.5, 0.6) is 5.75 Å². The number of rotatable bonds is 4. The molecule has 0 fully saturated rings. The molecule has 142 valence electrons. The summed E-state index contributed by atoms with van der Waals surface area (Å²) in [6.07, 6.45) is 1.87. The zero-order chi connectivity index (χ0) is 19.7. The monoisotopic (exact) mass is 487 g/mol. The highest BCUT2D eigenvalue weighted by Gasteiger charge is 2.19. The number of aromatic nitrogens is 1. The fourth-order valence-corrected chi connectivity index (χ4v) is 3.67. The van der Waals surface area contributed by atoms with E-state index in [2.05, 4.69) is 33.2 Å². The molecule has 0 spiro atoms. The van der Waals surface area contributed by atoms with Crippen LogP contribution in [0.1, 0.15) is 29.0 Å². The molecule has 2 aromatic carbocycles. The van der Waals surface area contributed by atoms with Gasteiger partial charge in [-0.2, -0.15) is 0 Å². The molecule has 4 rings (SSSR count). The van der Waals surface area contributed by atoms with E-state index in [0.29, 0.717) is 17.1 Å². The minimum atomic E-state index is -0.240. The molecule has 0 bridgehead atoms. The van der Waals surface area contributed by atoms with Gasteiger partial charge in [-0.05, 0) is 77.5 Å². The molecule has 1 atom stereocenters. The summed E-state index contributed by atoms with van der Waals surface area (Å²) in [6, 6.07) is 16.9. The smallest absolute Gasteiger partial charge is 0.268 e. The van der Waals surface area contributed by atoms with Crippen LogP contribution in [0.15, 0.2) is 60.8 Å². The third kappa shape index (κ3) is 3.75. The lowest BCUT2D eigenvalue weighted by molar-refractivity contribution is -0.118. The van der Waals surface area contributed by atoms with Crippen LogP contribution in [0, 0.1) is 3.57 Å². The van der Waals surface area contributed by atoms with Crippen LogP contribution in [-0.2, 0) is 4.79 Å². The van der Waals surface area contributed by atoms with Crippen LogP contribution in [-0.4, -0.2) is 23.0 Å². The maximum absolute atomic E-state index is 12.9. The van der Waals surface area contributed by atoms with E-state index in [-0.39, 0.29) is 24.5 Å². The number of nitrogens with one attached hydrogen (secondary N) is 2. The number of benzene rings is 2. The SMILES string of the molecule is CC(NC(=O)c1cccn1-c1cccc(I)c1)c1ccc2c(c1)NC(=O)CO2. The van der Waals surface area contributed by atoms with Gasteiger partial charge in [0, 0.05) is 15.5 Å². The van der Waals surface area contributed by atoms with Crippen LogP contribution in [0.3, 0.4) is 0 Å². The third-order valence-corrected chi connectivity index (χ3v) is 5.22. The van der Waals surface area contributed by atoms with E-state index in [9.17, 15) is 9.59 Å². The van der Waals surface area contributed by atoms with Crippen molar-refractivity contribution in [2.24, 2.45) is 0 Å². The van der Waals surface area contributed by atoms with Gasteiger partial charge in [0.25, 0.3) is 11.8 Å². The first-order chi connectivity index (χ1) is 13.5. The maximum Gasteiger partial charge on any atom is 0.268 e. The molecule has 1 aromatic heterocycles. The van der Waals surface area contributed by atoms with Gasteiger partial charge >= 0.3 is 0 Å². The number of hydrogen-bond acceptors (Lipinski definition) is 3. The van der Waals surface area contributed by atoms with Crippen molar-refractivity contribution in [3.8, 4) is 11.4 Å². The van der Waals surface area contributed by atoms with E-state index in [4.69, 9.17) is 4.74 Å². The van der Waals surface area contributed by atoms with Gasteiger partial charge in [0.2, 0.25) is 0 Å². The summed E-state index contributed by atoms with van der Waals surface area (Å²) in [5.74, 6) is 0.278. The largest absolute Gasteiger partial charge is 0.482 e. The maximum atomic E-state index is 12.9. The summed E-state index contributed by atoms with van der Waals surface area (Å²) in [6.45, 7) is 1.93. The normalized spacial score (nSPS) is 13.9. The number of anilines is 1. The zero-order valence-electron chi connectivity index (χ0n) is 15.1. The van der Waals surface area contributed by atoms with Gasteiger partial charge in [0.05, 0.1) is 11.7 Å². The molecule has 1 aliphatic heterocycles. The zero-order valence-corrected chi connectivity index (χ0v) is 17.3. The molecule has 28 heavy (non-hydrogen) atoms. The van der Waals surface area contributed by atoms with E-state index in [1.807, 2.05) is 60.2 Å². The summed E-state index contributed by atoms with van der Waals surface area (Å²) in [4.78, 5) is 24.4. The lowest BCUT2D eigenvalue weighted by Crippen LogP contribution is -2.29. The van der Waals surface area contributed by atoms with Gasteiger partial charge in [-0.1, -0.05) is 12.1 Å². The van der Waals surface area contributed by atoms with Crippen molar-refractivity contribution >= 4 is 40.1 Å². The standard InChI is InChI=1S/C21H18IN3O3/c1-13(14-7-8-19-17(10-14)24-20(26)12-28-19)23-21(27)18-6-3-9-25(18)16-5-2-4-15(22)11-16/h2-11,13H,12H2,1H3,(H,23,27)(H,24,26). The summed E-state index contributed by atoms with van der Waals surface area (Å²) in [5.41, 5.74) is 2.99. The van der Waals surface area contributed by atoms with Gasteiger partial charge in [-0.25, -0.2) is 0 Å². The Morgan fingerprint density at radius 2 is 2.07 bits per heavy atom. The minimum Gasteiger partial charge on any atom is -0.482 e. The average molecular weight is 487 g/mol. The first-order valence-electron chi connectivity index (χ1n) is 8.82. The quantitative estimate of drug-likeness (QED) is 0.549. The second kappa shape index (κ2) is 7.67. The Hall–Kier alpha value is -2.81. The van der Waals surface area contributed by atoms with E-state index in [1.54, 1.807) is 12.1 Å². The number of carbonyl (C=O) groups is 2. The Balaban J connectivity index is 1.54. The lowest BCUT2D eigenvalue weighted by Gasteiger charge is -2.21. The van der Waals surface area contributed by atoms with Gasteiger partial charge in [-0.15, -0.1) is 0 Å². The first kappa shape index (κ1) is 18.5. The number of amides is 2. The van der Waals surface area contributed by atoms with Crippen LogP contribution >= 0.6 is 22.6 Å². The van der Waals surface area contributed by atoms with Crippen molar-refractivity contribution < 1.29 is 14.3 Å². The predicted molar refractivity (Wildman–Crippen MR) is 115 cm³/mol. The Bertz CT molecular complexity index is 1060. The Kier molecular flexibility index (Phi) is 5.08.